The van der Waals surface area contributed by atoms with Gasteiger partial charge in [-0.3, -0.25) is 0 Å². The summed E-state index contributed by atoms with van der Waals surface area (Å²) in [6.45, 7) is 5.22. The molecule has 3 heteroatoms. The third-order valence-corrected chi connectivity index (χ3v) is 4.32. The van der Waals surface area contributed by atoms with Crippen molar-refractivity contribution in [3.63, 3.8) is 0 Å². The molecule has 1 aliphatic rings. The first kappa shape index (κ1) is 14.6. The van der Waals surface area contributed by atoms with Gasteiger partial charge in [0, 0.05) is 6.04 Å². The molecule has 108 valence electrons. The van der Waals surface area contributed by atoms with Crippen LogP contribution in [0.3, 0.4) is 0 Å². The molecule has 0 unspecified atom stereocenters. The molecule has 1 heterocycles. The Balaban J connectivity index is 1.55. The maximum atomic E-state index is 5.41. The highest BCUT2D eigenvalue weighted by Gasteiger charge is 2.17. The Morgan fingerprint density at radius 1 is 1.32 bits per heavy atom. The van der Waals surface area contributed by atoms with E-state index in [9.17, 15) is 0 Å². The minimum Gasteiger partial charge on any atom is -0.468 e. The zero-order valence-electron chi connectivity index (χ0n) is 12.5. The van der Waals surface area contributed by atoms with Crippen LogP contribution >= 0.6 is 0 Å². The second-order valence-electron chi connectivity index (χ2n) is 5.83. The molecule has 1 N–H and O–H groups in total. The van der Waals surface area contributed by atoms with E-state index in [0.29, 0.717) is 0 Å². The van der Waals surface area contributed by atoms with Crippen LogP contribution in [0.2, 0.25) is 0 Å². The highest BCUT2D eigenvalue weighted by atomic mass is 16.3. The largest absolute Gasteiger partial charge is 0.468 e. The third-order valence-electron chi connectivity index (χ3n) is 4.32. The number of hydrogen-bond acceptors (Lipinski definition) is 3. The lowest BCUT2D eigenvalue weighted by molar-refractivity contribution is 0.189. The number of furan rings is 1. The summed E-state index contributed by atoms with van der Waals surface area (Å²) in [5, 5.41) is 3.47. The smallest absolute Gasteiger partial charge is 0.120 e. The van der Waals surface area contributed by atoms with E-state index < -0.39 is 0 Å². The van der Waals surface area contributed by atoms with Gasteiger partial charge >= 0.3 is 0 Å². The third kappa shape index (κ3) is 4.66. The average molecular weight is 264 g/mol. The Morgan fingerprint density at radius 2 is 2.11 bits per heavy atom. The summed E-state index contributed by atoms with van der Waals surface area (Å²) in [7, 11) is 2.28. The van der Waals surface area contributed by atoms with E-state index in [1.54, 1.807) is 6.26 Å². The molecule has 0 bridgehead atoms. The Labute approximate surface area is 117 Å². The maximum Gasteiger partial charge on any atom is 0.120 e. The van der Waals surface area contributed by atoms with Gasteiger partial charge in [-0.1, -0.05) is 19.3 Å². The maximum absolute atomic E-state index is 5.41. The van der Waals surface area contributed by atoms with Crippen LogP contribution in [0.5, 0.6) is 0 Å². The van der Waals surface area contributed by atoms with Crippen LogP contribution in [-0.2, 0) is 6.54 Å². The summed E-state index contributed by atoms with van der Waals surface area (Å²) in [4.78, 5) is 2.55. The zero-order chi connectivity index (χ0) is 13.5. The molecule has 0 aliphatic heterocycles. The average Bonchev–Trinajstić information content (AvgIpc) is 2.85. The summed E-state index contributed by atoms with van der Waals surface area (Å²) in [6.07, 6.45) is 10.1. The molecule has 2 rings (SSSR count). The second kappa shape index (κ2) is 7.71. The lowest BCUT2D eigenvalue weighted by Gasteiger charge is -2.31. The van der Waals surface area contributed by atoms with Crippen molar-refractivity contribution in [1.29, 1.82) is 0 Å². The standard InChI is InChI=1S/C16H28N2O/c1-14-9-12-19-16(14)13-17-10-6-11-18(2)15-7-4-3-5-8-15/h9,12,15,17H,3-8,10-11,13H2,1-2H3. The molecule has 0 spiro atoms. The minimum absolute atomic E-state index is 0.834. The van der Waals surface area contributed by atoms with Crippen LogP contribution in [0.4, 0.5) is 0 Å². The molecule has 1 aromatic rings. The van der Waals surface area contributed by atoms with Crippen molar-refractivity contribution >= 4 is 0 Å². The van der Waals surface area contributed by atoms with Gasteiger partial charge in [0.25, 0.3) is 0 Å². The Hall–Kier alpha value is -0.800. The van der Waals surface area contributed by atoms with Crippen molar-refractivity contribution in [2.24, 2.45) is 0 Å². The highest BCUT2D eigenvalue weighted by Crippen LogP contribution is 2.21. The molecular formula is C16H28N2O. The van der Waals surface area contributed by atoms with Crippen molar-refractivity contribution in [3.8, 4) is 0 Å². The molecule has 0 aromatic carbocycles. The van der Waals surface area contributed by atoms with Gasteiger partial charge in [0.05, 0.1) is 12.8 Å². The monoisotopic (exact) mass is 264 g/mol. The van der Waals surface area contributed by atoms with Crippen molar-refractivity contribution in [2.45, 2.75) is 58.0 Å². The van der Waals surface area contributed by atoms with E-state index in [2.05, 4.69) is 24.2 Å². The molecule has 0 radical (unpaired) electrons. The van der Waals surface area contributed by atoms with Gasteiger partial charge in [-0.15, -0.1) is 0 Å². The van der Waals surface area contributed by atoms with Crippen molar-refractivity contribution in [1.82, 2.24) is 10.2 Å². The lowest BCUT2D eigenvalue weighted by Crippen LogP contribution is -2.35. The van der Waals surface area contributed by atoms with Gasteiger partial charge in [-0.05, 0) is 58.0 Å². The van der Waals surface area contributed by atoms with Crippen LogP contribution in [0.1, 0.15) is 49.8 Å². The second-order valence-corrected chi connectivity index (χ2v) is 5.83. The van der Waals surface area contributed by atoms with Crippen LogP contribution in [0.25, 0.3) is 0 Å². The summed E-state index contributed by atoms with van der Waals surface area (Å²) in [5.74, 6) is 1.07. The number of nitrogens with one attached hydrogen (secondary N) is 1. The minimum atomic E-state index is 0.834. The predicted octanol–water partition coefficient (Wildman–Crippen LogP) is 3.33. The van der Waals surface area contributed by atoms with E-state index >= 15 is 0 Å². The topological polar surface area (TPSA) is 28.4 Å². The van der Waals surface area contributed by atoms with Gasteiger partial charge in [0.1, 0.15) is 5.76 Å². The molecule has 0 atom stereocenters. The molecule has 1 aromatic heterocycles. The first-order valence-electron chi connectivity index (χ1n) is 7.71. The van der Waals surface area contributed by atoms with E-state index in [0.717, 1.165) is 24.9 Å². The fourth-order valence-corrected chi connectivity index (χ4v) is 2.94. The molecular weight excluding hydrogens is 236 g/mol. The number of nitrogens with zero attached hydrogens (tertiary/aromatic N) is 1. The van der Waals surface area contributed by atoms with Gasteiger partial charge in [-0.2, -0.15) is 0 Å². The van der Waals surface area contributed by atoms with Crippen LogP contribution in [0, 0.1) is 6.92 Å². The van der Waals surface area contributed by atoms with E-state index in [4.69, 9.17) is 4.42 Å². The summed E-state index contributed by atoms with van der Waals surface area (Å²) >= 11 is 0. The molecule has 3 nitrogen and oxygen atoms in total. The molecule has 19 heavy (non-hydrogen) atoms. The van der Waals surface area contributed by atoms with E-state index in [1.807, 2.05) is 6.07 Å². The Kier molecular flexibility index (Phi) is 5.93. The SMILES string of the molecule is Cc1ccoc1CNCCCN(C)C1CCCCC1. The van der Waals surface area contributed by atoms with Crippen molar-refractivity contribution in [2.75, 3.05) is 20.1 Å². The number of hydrogen-bond donors (Lipinski definition) is 1. The van der Waals surface area contributed by atoms with Crippen molar-refractivity contribution in [3.05, 3.63) is 23.7 Å². The van der Waals surface area contributed by atoms with Crippen LogP contribution < -0.4 is 5.32 Å². The Morgan fingerprint density at radius 3 is 2.79 bits per heavy atom. The zero-order valence-corrected chi connectivity index (χ0v) is 12.5. The molecule has 1 aliphatic carbocycles. The molecule has 0 amide bonds. The van der Waals surface area contributed by atoms with Crippen LogP contribution in [0.15, 0.2) is 16.7 Å². The highest BCUT2D eigenvalue weighted by molar-refractivity contribution is 5.13. The molecule has 1 fully saturated rings. The predicted molar refractivity (Wildman–Crippen MR) is 79.3 cm³/mol. The summed E-state index contributed by atoms with van der Waals surface area (Å²) in [6, 6.07) is 2.86. The first-order valence-corrected chi connectivity index (χ1v) is 7.71. The number of aryl methyl sites for hydroxylation is 1. The molecule has 1 saturated carbocycles. The van der Waals surface area contributed by atoms with E-state index in [-0.39, 0.29) is 0 Å². The normalized spacial score (nSPS) is 17.2. The van der Waals surface area contributed by atoms with Gasteiger partial charge < -0.3 is 14.6 Å². The van der Waals surface area contributed by atoms with Gasteiger partial charge in [0.15, 0.2) is 0 Å². The lowest BCUT2D eigenvalue weighted by atomic mass is 9.94. The molecule has 0 saturated heterocycles. The van der Waals surface area contributed by atoms with Gasteiger partial charge in [0.2, 0.25) is 0 Å². The fourth-order valence-electron chi connectivity index (χ4n) is 2.94. The van der Waals surface area contributed by atoms with E-state index in [1.165, 1.54) is 50.6 Å². The quantitative estimate of drug-likeness (QED) is 0.766. The number of rotatable bonds is 7. The fraction of sp³-hybridized carbons (Fsp3) is 0.750. The summed E-state index contributed by atoms with van der Waals surface area (Å²) in [5.41, 5.74) is 1.24. The Bertz CT molecular complexity index is 355. The van der Waals surface area contributed by atoms with Gasteiger partial charge in [-0.25, -0.2) is 0 Å². The summed E-state index contributed by atoms with van der Waals surface area (Å²) < 4.78 is 5.41. The van der Waals surface area contributed by atoms with Crippen LogP contribution in [-0.4, -0.2) is 31.1 Å². The van der Waals surface area contributed by atoms with Crippen molar-refractivity contribution < 1.29 is 4.42 Å². The first-order chi connectivity index (χ1) is 9.27.